The van der Waals surface area contributed by atoms with E-state index in [0.717, 1.165) is 27.3 Å². The first-order chi connectivity index (χ1) is 11.3. The van der Waals surface area contributed by atoms with E-state index in [1.807, 2.05) is 30.5 Å². The van der Waals surface area contributed by atoms with Gasteiger partial charge in [-0.05, 0) is 16.3 Å². The van der Waals surface area contributed by atoms with E-state index < -0.39 is 0 Å². The van der Waals surface area contributed by atoms with Gasteiger partial charge in [-0.15, -0.1) is 0 Å². The highest BCUT2D eigenvalue weighted by Crippen LogP contribution is 2.36. The van der Waals surface area contributed by atoms with Crippen LogP contribution in [0.15, 0.2) is 64.1 Å². The second kappa shape index (κ2) is 4.33. The predicted octanol–water partition coefficient (Wildman–Crippen LogP) is 3.82. The number of aromatic nitrogens is 3. The fourth-order valence-corrected chi connectivity index (χ4v) is 3.21. The zero-order valence-electron chi connectivity index (χ0n) is 12.0. The van der Waals surface area contributed by atoms with Gasteiger partial charge in [0.25, 0.3) is 0 Å². The highest BCUT2D eigenvalue weighted by atomic mass is 16.4. The van der Waals surface area contributed by atoms with E-state index in [4.69, 9.17) is 4.42 Å². The summed E-state index contributed by atoms with van der Waals surface area (Å²) < 4.78 is 5.09. The first kappa shape index (κ1) is 12.2. The van der Waals surface area contributed by atoms with Gasteiger partial charge < -0.3 is 9.52 Å². The first-order valence-corrected chi connectivity index (χ1v) is 7.28. The summed E-state index contributed by atoms with van der Waals surface area (Å²) in [6, 6.07) is 14.2. The Kier molecular flexibility index (Phi) is 2.30. The van der Waals surface area contributed by atoms with Gasteiger partial charge in [0.05, 0.1) is 5.39 Å². The highest BCUT2D eigenvalue weighted by molar-refractivity contribution is 6.13. The predicted molar refractivity (Wildman–Crippen MR) is 89.4 cm³/mol. The topological polar surface area (TPSA) is 74.7 Å². The molecular weight excluding hydrogens is 290 g/mol. The number of hydrogen-bond donors (Lipinski definition) is 2. The molecular formula is C18H11N3O2. The van der Waals surface area contributed by atoms with Crippen LogP contribution in [0.25, 0.3) is 43.8 Å². The van der Waals surface area contributed by atoms with E-state index in [9.17, 15) is 4.79 Å². The molecule has 3 aromatic heterocycles. The molecule has 2 aromatic carbocycles. The minimum absolute atomic E-state index is 0.362. The Morgan fingerprint density at radius 2 is 1.87 bits per heavy atom. The fraction of sp³-hybridized carbons (Fsp3) is 0. The number of pyridine rings is 1. The van der Waals surface area contributed by atoms with Crippen LogP contribution >= 0.6 is 0 Å². The molecule has 2 N–H and O–H groups in total. The molecule has 5 nitrogen and oxygen atoms in total. The SMILES string of the molecule is O=c1occ2nc3[nH][nH]cc3c(-c3cccc4ccccc34)c12. The van der Waals surface area contributed by atoms with E-state index in [1.54, 1.807) is 0 Å². The number of fused-ring (bicyclic) bond motifs is 3. The maximum atomic E-state index is 12.2. The number of H-pyrrole nitrogens is 2. The molecule has 0 bridgehead atoms. The second-order valence-electron chi connectivity index (χ2n) is 5.47. The lowest BCUT2D eigenvalue weighted by molar-refractivity contribution is 0.534. The van der Waals surface area contributed by atoms with E-state index in [0.29, 0.717) is 16.6 Å². The number of nitrogens with zero attached hydrogens (tertiary/aromatic N) is 1. The summed E-state index contributed by atoms with van der Waals surface area (Å²) in [6.07, 6.45) is 3.23. The van der Waals surface area contributed by atoms with Crippen LogP contribution in [-0.2, 0) is 0 Å². The third kappa shape index (κ3) is 1.61. The monoisotopic (exact) mass is 301 g/mol. The Balaban J connectivity index is 2.07. The molecule has 5 heteroatoms. The summed E-state index contributed by atoms with van der Waals surface area (Å²) in [5, 5.41) is 9.55. The van der Waals surface area contributed by atoms with E-state index in [-0.39, 0.29) is 5.63 Å². The summed E-state index contributed by atoms with van der Waals surface area (Å²) in [7, 11) is 0. The molecule has 3 heterocycles. The highest BCUT2D eigenvalue weighted by Gasteiger charge is 2.18. The third-order valence-electron chi connectivity index (χ3n) is 4.21. The Bertz CT molecular complexity index is 1240. The van der Waals surface area contributed by atoms with Crippen LogP contribution in [0.5, 0.6) is 0 Å². The Labute approximate surface area is 129 Å². The summed E-state index contributed by atoms with van der Waals surface area (Å²) in [5.74, 6) is 0. The van der Waals surface area contributed by atoms with Gasteiger partial charge in [-0.3, -0.25) is 5.10 Å². The molecule has 0 amide bonds. The summed E-state index contributed by atoms with van der Waals surface area (Å²) in [4.78, 5) is 16.7. The number of hydrogen-bond acceptors (Lipinski definition) is 3. The lowest BCUT2D eigenvalue weighted by Gasteiger charge is -2.08. The average molecular weight is 301 g/mol. The molecule has 0 spiro atoms. The van der Waals surface area contributed by atoms with Gasteiger partial charge in [0.15, 0.2) is 5.65 Å². The third-order valence-corrected chi connectivity index (χ3v) is 4.21. The van der Waals surface area contributed by atoms with Crippen LogP contribution in [0.4, 0.5) is 0 Å². The fourth-order valence-electron chi connectivity index (χ4n) is 3.21. The lowest BCUT2D eigenvalue weighted by atomic mass is 9.95. The van der Waals surface area contributed by atoms with Crippen molar-refractivity contribution in [2.75, 3.05) is 0 Å². The smallest absolute Gasteiger partial charge is 0.346 e. The lowest BCUT2D eigenvalue weighted by Crippen LogP contribution is -1.96. The molecule has 0 atom stereocenters. The molecule has 0 saturated carbocycles. The van der Waals surface area contributed by atoms with Crippen LogP contribution < -0.4 is 5.63 Å². The molecule has 0 aliphatic rings. The number of benzene rings is 2. The minimum atomic E-state index is -0.362. The number of rotatable bonds is 1. The quantitative estimate of drug-likeness (QED) is 0.494. The molecule has 5 aromatic rings. The van der Waals surface area contributed by atoms with Gasteiger partial charge in [0, 0.05) is 17.1 Å². The molecule has 0 saturated heterocycles. The minimum Gasteiger partial charge on any atom is -0.428 e. The van der Waals surface area contributed by atoms with E-state index >= 15 is 0 Å². The van der Waals surface area contributed by atoms with Crippen LogP contribution in [0.3, 0.4) is 0 Å². The van der Waals surface area contributed by atoms with Crippen molar-refractivity contribution in [2.24, 2.45) is 0 Å². The van der Waals surface area contributed by atoms with Crippen LogP contribution in [0.1, 0.15) is 0 Å². The van der Waals surface area contributed by atoms with Crippen molar-refractivity contribution in [1.82, 2.24) is 15.2 Å². The molecule has 110 valence electrons. The van der Waals surface area contributed by atoms with Crippen molar-refractivity contribution in [3.05, 3.63) is 65.3 Å². The zero-order valence-corrected chi connectivity index (χ0v) is 12.0. The molecule has 0 aliphatic heterocycles. The van der Waals surface area contributed by atoms with Gasteiger partial charge in [-0.25, -0.2) is 9.78 Å². The summed E-state index contributed by atoms with van der Waals surface area (Å²) >= 11 is 0. The summed E-state index contributed by atoms with van der Waals surface area (Å²) in [5.41, 5.74) is 2.73. The van der Waals surface area contributed by atoms with Gasteiger partial charge in [-0.2, -0.15) is 0 Å². The molecule has 5 rings (SSSR count). The average Bonchev–Trinajstić information content (AvgIpc) is 3.19. The normalized spacial score (nSPS) is 11.7. The van der Waals surface area contributed by atoms with Crippen molar-refractivity contribution >= 4 is 32.7 Å². The molecule has 0 radical (unpaired) electrons. The van der Waals surface area contributed by atoms with Crippen molar-refractivity contribution in [2.45, 2.75) is 0 Å². The Morgan fingerprint density at radius 3 is 2.83 bits per heavy atom. The van der Waals surface area contributed by atoms with Gasteiger partial charge in [-0.1, -0.05) is 42.5 Å². The first-order valence-electron chi connectivity index (χ1n) is 7.28. The van der Waals surface area contributed by atoms with Crippen LogP contribution in [-0.4, -0.2) is 15.2 Å². The van der Waals surface area contributed by atoms with E-state index in [2.05, 4.69) is 33.4 Å². The largest absolute Gasteiger partial charge is 0.428 e. The summed E-state index contributed by atoms with van der Waals surface area (Å²) in [6.45, 7) is 0. The van der Waals surface area contributed by atoms with Crippen molar-refractivity contribution in [3.63, 3.8) is 0 Å². The molecule has 0 fully saturated rings. The number of furan rings is 1. The zero-order chi connectivity index (χ0) is 15.4. The number of aromatic amines is 2. The van der Waals surface area contributed by atoms with Gasteiger partial charge in [0.2, 0.25) is 0 Å². The molecule has 23 heavy (non-hydrogen) atoms. The van der Waals surface area contributed by atoms with Crippen LogP contribution in [0.2, 0.25) is 0 Å². The van der Waals surface area contributed by atoms with Crippen molar-refractivity contribution in [3.8, 4) is 11.1 Å². The van der Waals surface area contributed by atoms with Gasteiger partial charge in [0.1, 0.15) is 11.8 Å². The van der Waals surface area contributed by atoms with E-state index in [1.165, 1.54) is 6.26 Å². The Hall–Kier alpha value is -3.34. The van der Waals surface area contributed by atoms with Crippen LogP contribution in [0, 0.1) is 0 Å². The van der Waals surface area contributed by atoms with Crippen molar-refractivity contribution in [1.29, 1.82) is 0 Å². The number of nitrogens with one attached hydrogen (secondary N) is 2. The second-order valence-corrected chi connectivity index (χ2v) is 5.47. The maximum Gasteiger partial charge on any atom is 0.346 e. The van der Waals surface area contributed by atoms with Crippen molar-refractivity contribution < 1.29 is 4.42 Å². The van der Waals surface area contributed by atoms with Gasteiger partial charge >= 0.3 is 5.63 Å². The standard InChI is InChI=1S/C18H11N3O2/c22-18-16-14(9-23-18)20-17-13(8-19-21-17)15(16)12-7-3-5-10-4-1-2-6-11(10)12/h1-9H,(H2,19,20,21). The molecule has 0 unspecified atom stereocenters. The Morgan fingerprint density at radius 1 is 1.00 bits per heavy atom. The molecule has 0 aliphatic carbocycles. The maximum absolute atomic E-state index is 12.2.